The monoisotopic (exact) mass is 321 g/mol. The van der Waals surface area contributed by atoms with Crippen LogP contribution in [0.2, 0.25) is 0 Å². The third-order valence-electron chi connectivity index (χ3n) is 3.16. The fraction of sp³-hybridized carbons (Fsp3) is 0.556. The lowest BCUT2D eigenvalue weighted by Crippen LogP contribution is -2.16. The lowest BCUT2D eigenvalue weighted by molar-refractivity contribution is -0.124. The summed E-state index contributed by atoms with van der Waals surface area (Å²) in [6.07, 6.45) is 3.79. The molecule has 1 rings (SSSR count). The fourth-order valence-corrected chi connectivity index (χ4v) is 1.94. The molecular weight excluding hydrogens is 294 g/mol. The molecule has 0 saturated heterocycles. The summed E-state index contributed by atoms with van der Waals surface area (Å²) in [5.74, 6) is 0.638. The smallest absolute Gasteiger partial charge is 0.231 e. The number of carbonyl (C=O) groups excluding carboxylic acids is 2. The second-order valence-corrected chi connectivity index (χ2v) is 5.46. The molecule has 0 aliphatic carbocycles. The predicted molar refractivity (Wildman–Crippen MR) is 91.2 cm³/mol. The number of hydrogen-bond donors (Lipinski definition) is 1. The van der Waals surface area contributed by atoms with Gasteiger partial charge in [-0.15, -0.1) is 0 Å². The molecule has 128 valence electrons. The first kappa shape index (κ1) is 19.0. The molecule has 23 heavy (non-hydrogen) atoms. The fourth-order valence-electron chi connectivity index (χ4n) is 1.94. The van der Waals surface area contributed by atoms with Crippen molar-refractivity contribution in [2.75, 3.05) is 18.5 Å². The highest BCUT2D eigenvalue weighted by molar-refractivity contribution is 6.04. The van der Waals surface area contributed by atoms with Crippen molar-refractivity contribution in [2.24, 2.45) is 0 Å². The highest BCUT2D eigenvalue weighted by Gasteiger charge is 2.14. The minimum atomic E-state index is -0.344. The summed E-state index contributed by atoms with van der Waals surface area (Å²) in [6.45, 7) is 6.73. The first-order valence-electron chi connectivity index (χ1n) is 8.26. The van der Waals surface area contributed by atoms with Crippen molar-refractivity contribution in [3.63, 3.8) is 0 Å². The van der Waals surface area contributed by atoms with Gasteiger partial charge in [-0.25, -0.2) is 0 Å². The Bertz CT molecular complexity index is 514. The van der Waals surface area contributed by atoms with Gasteiger partial charge in [0.25, 0.3) is 0 Å². The normalized spacial score (nSPS) is 10.2. The van der Waals surface area contributed by atoms with E-state index in [1.165, 1.54) is 6.92 Å². The van der Waals surface area contributed by atoms with E-state index in [4.69, 9.17) is 9.47 Å². The Morgan fingerprint density at radius 3 is 2.30 bits per heavy atom. The van der Waals surface area contributed by atoms with Crippen LogP contribution in [0, 0.1) is 0 Å². The van der Waals surface area contributed by atoms with E-state index in [9.17, 15) is 9.59 Å². The minimum Gasteiger partial charge on any atom is -0.490 e. The molecule has 0 spiro atoms. The number of Topliss-reactive ketones (excluding diaryl/α,β-unsaturated/α-hetero) is 1. The van der Waals surface area contributed by atoms with Gasteiger partial charge in [0, 0.05) is 0 Å². The largest absolute Gasteiger partial charge is 0.490 e. The van der Waals surface area contributed by atoms with Crippen molar-refractivity contribution >= 4 is 17.4 Å². The third-order valence-corrected chi connectivity index (χ3v) is 3.16. The molecule has 0 aromatic heterocycles. The molecule has 0 aliphatic rings. The Morgan fingerprint density at radius 2 is 1.70 bits per heavy atom. The number of hydrogen-bond acceptors (Lipinski definition) is 4. The minimum absolute atomic E-state index is 0.144. The van der Waals surface area contributed by atoms with E-state index in [0.29, 0.717) is 30.4 Å². The van der Waals surface area contributed by atoms with E-state index in [1.54, 1.807) is 12.1 Å². The SMILES string of the molecule is CCCCOc1cccc(NC(=O)CC(C)=O)c1OCCCC. The van der Waals surface area contributed by atoms with Crippen molar-refractivity contribution in [1.29, 1.82) is 0 Å². The zero-order chi connectivity index (χ0) is 17.1. The second-order valence-electron chi connectivity index (χ2n) is 5.46. The Morgan fingerprint density at radius 1 is 1.04 bits per heavy atom. The van der Waals surface area contributed by atoms with Gasteiger partial charge >= 0.3 is 0 Å². The van der Waals surface area contributed by atoms with Gasteiger partial charge in [0.05, 0.1) is 25.3 Å². The lowest BCUT2D eigenvalue weighted by Gasteiger charge is -2.16. The van der Waals surface area contributed by atoms with E-state index >= 15 is 0 Å². The lowest BCUT2D eigenvalue weighted by atomic mass is 10.2. The van der Waals surface area contributed by atoms with Crippen LogP contribution in [0.1, 0.15) is 52.9 Å². The molecule has 0 aliphatic heterocycles. The van der Waals surface area contributed by atoms with Crippen LogP contribution in [-0.4, -0.2) is 24.9 Å². The summed E-state index contributed by atoms with van der Waals surface area (Å²) in [5, 5.41) is 2.73. The summed E-state index contributed by atoms with van der Waals surface area (Å²) in [7, 11) is 0. The molecule has 0 unspecified atom stereocenters. The molecule has 1 aromatic rings. The van der Waals surface area contributed by atoms with Gasteiger partial charge in [-0.05, 0) is 31.9 Å². The number of anilines is 1. The van der Waals surface area contributed by atoms with Crippen LogP contribution in [0.3, 0.4) is 0 Å². The maximum Gasteiger partial charge on any atom is 0.231 e. The molecule has 0 saturated carbocycles. The first-order chi connectivity index (χ1) is 11.1. The van der Waals surface area contributed by atoms with Crippen molar-refractivity contribution in [3.05, 3.63) is 18.2 Å². The number of nitrogens with one attached hydrogen (secondary N) is 1. The van der Waals surface area contributed by atoms with Crippen LogP contribution in [-0.2, 0) is 9.59 Å². The molecule has 1 aromatic carbocycles. The Balaban J connectivity index is 2.89. The Kier molecular flexibility index (Phi) is 8.80. The summed E-state index contributed by atoms with van der Waals surface area (Å²) < 4.78 is 11.6. The number of unbranched alkanes of at least 4 members (excludes halogenated alkanes) is 2. The van der Waals surface area contributed by atoms with Gasteiger partial charge in [-0.3, -0.25) is 9.59 Å². The molecule has 5 nitrogen and oxygen atoms in total. The zero-order valence-electron chi connectivity index (χ0n) is 14.3. The summed E-state index contributed by atoms with van der Waals surface area (Å²) >= 11 is 0. The molecule has 0 heterocycles. The summed E-state index contributed by atoms with van der Waals surface area (Å²) in [4.78, 5) is 22.9. The average Bonchev–Trinajstić information content (AvgIpc) is 2.49. The molecule has 0 atom stereocenters. The van der Waals surface area contributed by atoms with Crippen molar-refractivity contribution in [3.8, 4) is 11.5 Å². The Hall–Kier alpha value is -2.04. The number of rotatable bonds is 11. The van der Waals surface area contributed by atoms with Gasteiger partial charge in [-0.2, -0.15) is 0 Å². The maximum absolute atomic E-state index is 11.8. The van der Waals surface area contributed by atoms with Gasteiger partial charge in [0.2, 0.25) is 5.91 Å². The van der Waals surface area contributed by atoms with E-state index in [0.717, 1.165) is 25.7 Å². The first-order valence-corrected chi connectivity index (χ1v) is 8.26. The van der Waals surface area contributed by atoms with Gasteiger partial charge < -0.3 is 14.8 Å². The van der Waals surface area contributed by atoms with E-state index in [1.807, 2.05) is 6.07 Å². The van der Waals surface area contributed by atoms with E-state index in [2.05, 4.69) is 19.2 Å². The van der Waals surface area contributed by atoms with Crippen LogP contribution in [0.15, 0.2) is 18.2 Å². The number of para-hydroxylation sites is 1. The molecule has 5 heteroatoms. The van der Waals surface area contributed by atoms with Gasteiger partial charge in [-0.1, -0.05) is 32.8 Å². The van der Waals surface area contributed by atoms with Crippen molar-refractivity contribution in [2.45, 2.75) is 52.9 Å². The summed E-state index contributed by atoms with van der Waals surface area (Å²) in [6, 6.07) is 5.39. The van der Waals surface area contributed by atoms with Crippen LogP contribution in [0.5, 0.6) is 11.5 Å². The van der Waals surface area contributed by atoms with Crippen LogP contribution in [0.25, 0.3) is 0 Å². The standard InChI is InChI=1S/C18H27NO4/c1-4-6-11-22-16-10-8-9-15(18(16)23-12-7-5-2)19-17(21)13-14(3)20/h8-10H,4-7,11-13H2,1-3H3,(H,19,21). The second kappa shape index (κ2) is 10.6. The number of ketones is 1. The van der Waals surface area contributed by atoms with Crippen LogP contribution < -0.4 is 14.8 Å². The maximum atomic E-state index is 11.8. The average molecular weight is 321 g/mol. The molecule has 1 N–H and O–H groups in total. The van der Waals surface area contributed by atoms with Gasteiger partial charge in [0.15, 0.2) is 11.5 Å². The van der Waals surface area contributed by atoms with E-state index < -0.39 is 0 Å². The zero-order valence-corrected chi connectivity index (χ0v) is 14.3. The number of ether oxygens (including phenoxy) is 2. The highest BCUT2D eigenvalue weighted by Crippen LogP contribution is 2.35. The van der Waals surface area contributed by atoms with Crippen LogP contribution >= 0.6 is 0 Å². The topological polar surface area (TPSA) is 64.6 Å². The number of amides is 1. The predicted octanol–water partition coefficient (Wildman–Crippen LogP) is 3.96. The molecule has 0 radical (unpaired) electrons. The van der Waals surface area contributed by atoms with E-state index in [-0.39, 0.29) is 18.1 Å². The third kappa shape index (κ3) is 7.17. The van der Waals surface area contributed by atoms with Crippen molar-refractivity contribution < 1.29 is 19.1 Å². The van der Waals surface area contributed by atoms with Crippen LogP contribution in [0.4, 0.5) is 5.69 Å². The van der Waals surface area contributed by atoms with Crippen molar-refractivity contribution in [1.82, 2.24) is 0 Å². The quantitative estimate of drug-likeness (QED) is 0.495. The molecule has 0 fully saturated rings. The number of benzene rings is 1. The number of carbonyl (C=O) groups is 2. The highest BCUT2D eigenvalue weighted by atomic mass is 16.5. The summed E-state index contributed by atoms with van der Waals surface area (Å²) in [5.41, 5.74) is 0.543. The molecule has 0 bridgehead atoms. The molecular formula is C18H27NO4. The van der Waals surface area contributed by atoms with Gasteiger partial charge in [0.1, 0.15) is 5.78 Å². The Labute approximate surface area is 138 Å². The molecule has 1 amide bonds.